The van der Waals surface area contributed by atoms with E-state index in [4.69, 9.17) is 16.7 Å². The van der Waals surface area contributed by atoms with Crippen LogP contribution in [-0.4, -0.2) is 50.9 Å². The van der Waals surface area contributed by atoms with Gasteiger partial charge in [-0.05, 0) is 6.92 Å². The Balaban J connectivity index is 2.29. The van der Waals surface area contributed by atoms with Gasteiger partial charge in [0.2, 0.25) is 0 Å². The summed E-state index contributed by atoms with van der Waals surface area (Å²) in [6, 6.07) is 0. The van der Waals surface area contributed by atoms with Gasteiger partial charge in [0, 0.05) is 20.1 Å². The minimum Gasteiger partial charge on any atom is -0.481 e. The number of carboxylic acids is 1. The fraction of sp³-hybridized carbons (Fsp3) is 0.583. The van der Waals surface area contributed by atoms with E-state index in [9.17, 15) is 22.8 Å². The van der Waals surface area contributed by atoms with Crippen molar-refractivity contribution in [2.45, 2.75) is 13.1 Å². The lowest BCUT2D eigenvalue weighted by Crippen LogP contribution is -2.34. The lowest BCUT2D eigenvalue weighted by molar-refractivity contribution is -0.187. The lowest BCUT2D eigenvalue weighted by atomic mass is 9.96. The average Bonchev–Trinajstić information content (AvgIpc) is 2.96. The third-order valence-corrected chi connectivity index (χ3v) is 4.26. The van der Waals surface area contributed by atoms with Gasteiger partial charge in [0.25, 0.3) is 5.91 Å². The number of likely N-dealkylation sites (tertiary alicyclic amines) is 1. The van der Waals surface area contributed by atoms with E-state index in [-0.39, 0.29) is 10.7 Å². The van der Waals surface area contributed by atoms with Crippen molar-refractivity contribution in [2.75, 3.05) is 13.1 Å². The van der Waals surface area contributed by atoms with Gasteiger partial charge in [-0.2, -0.15) is 18.3 Å². The second-order valence-electron chi connectivity index (χ2n) is 5.17. The van der Waals surface area contributed by atoms with Crippen molar-refractivity contribution < 1.29 is 27.9 Å². The maximum atomic E-state index is 12.9. The third kappa shape index (κ3) is 2.77. The van der Waals surface area contributed by atoms with Crippen LogP contribution in [0.25, 0.3) is 0 Å². The monoisotopic (exact) mass is 339 g/mol. The molecule has 1 aromatic rings. The summed E-state index contributed by atoms with van der Waals surface area (Å²) in [5.74, 6) is -6.17. The lowest BCUT2D eigenvalue weighted by Gasteiger charge is -2.18. The predicted octanol–water partition coefficient (Wildman–Crippen LogP) is 1.72. The highest BCUT2D eigenvalue weighted by molar-refractivity contribution is 6.34. The summed E-state index contributed by atoms with van der Waals surface area (Å²) in [7, 11) is 1.54. The van der Waals surface area contributed by atoms with E-state index in [2.05, 4.69) is 5.10 Å². The van der Waals surface area contributed by atoms with Crippen molar-refractivity contribution in [1.29, 1.82) is 0 Å². The fourth-order valence-electron chi connectivity index (χ4n) is 2.42. The van der Waals surface area contributed by atoms with Crippen LogP contribution in [-0.2, 0) is 11.8 Å². The zero-order valence-electron chi connectivity index (χ0n) is 11.7. The Labute approximate surface area is 128 Å². The Morgan fingerprint density at radius 2 is 1.95 bits per heavy atom. The van der Waals surface area contributed by atoms with Gasteiger partial charge in [0.1, 0.15) is 0 Å². The number of carboxylic acid groups (broad SMARTS) is 1. The number of aromatic nitrogens is 2. The summed E-state index contributed by atoms with van der Waals surface area (Å²) in [5, 5.41) is 12.9. The zero-order valence-corrected chi connectivity index (χ0v) is 12.4. The first-order valence-corrected chi connectivity index (χ1v) is 6.69. The molecule has 6 nitrogen and oxygen atoms in total. The molecule has 0 unspecified atom stereocenters. The van der Waals surface area contributed by atoms with Crippen molar-refractivity contribution in [3.63, 3.8) is 0 Å². The van der Waals surface area contributed by atoms with E-state index < -0.39 is 43.0 Å². The normalized spacial score (nSPS) is 22.2. The van der Waals surface area contributed by atoms with Gasteiger partial charge in [-0.3, -0.25) is 14.3 Å². The summed E-state index contributed by atoms with van der Waals surface area (Å²) in [5.41, 5.74) is 0.319. The summed E-state index contributed by atoms with van der Waals surface area (Å²) >= 11 is 5.94. The second-order valence-corrected chi connectivity index (χ2v) is 5.55. The van der Waals surface area contributed by atoms with Crippen molar-refractivity contribution in [2.24, 2.45) is 18.9 Å². The van der Waals surface area contributed by atoms with Crippen LogP contribution in [0.15, 0.2) is 0 Å². The van der Waals surface area contributed by atoms with E-state index in [1.165, 1.54) is 4.68 Å². The molecule has 2 rings (SSSR count). The molecule has 1 aromatic heterocycles. The molecule has 2 heterocycles. The number of hydrogen-bond acceptors (Lipinski definition) is 3. The summed E-state index contributed by atoms with van der Waals surface area (Å²) < 4.78 is 40.1. The van der Waals surface area contributed by atoms with E-state index >= 15 is 0 Å². The van der Waals surface area contributed by atoms with Crippen molar-refractivity contribution in [3.05, 3.63) is 16.4 Å². The van der Waals surface area contributed by atoms with Gasteiger partial charge in [0.05, 0.1) is 22.6 Å². The molecule has 22 heavy (non-hydrogen) atoms. The van der Waals surface area contributed by atoms with Gasteiger partial charge >= 0.3 is 12.1 Å². The van der Waals surface area contributed by atoms with Crippen LogP contribution >= 0.6 is 11.6 Å². The molecule has 1 amide bonds. The largest absolute Gasteiger partial charge is 0.481 e. The molecule has 122 valence electrons. The van der Waals surface area contributed by atoms with Gasteiger partial charge in [-0.1, -0.05) is 11.6 Å². The molecule has 0 radical (unpaired) electrons. The Kier molecular flexibility index (Phi) is 4.12. The molecular formula is C12H13ClF3N3O3. The maximum absolute atomic E-state index is 12.9. The van der Waals surface area contributed by atoms with Crippen LogP contribution in [0.5, 0.6) is 0 Å². The Hall–Kier alpha value is -1.77. The second kappa shape index (κ2) is 5.45. The minimum absolute atomic E-state index is 0.0508. The number of amides is 1. The molecule has 2 atom stereocenters. The fourth-order valence-corrected chi connectivity index (χ4v) is 2.66. The highest BCUT2D eigenvalue weighted by Gasteiger charge is 2.53. The topological polar surface area (TPSA) is 75.4 Å². The van der Waals surface area contributed by atoms with E-state index in [1.807, 2.05) is 0 Å². The molecule has 1 aliphatic rings. The third-order valence-electron chi connectivity index (χ3n) is 3.81. The number of rotatable bonds is 2. The molecular weight excluding hydrogens is 327 g/mol. The molecule has 1 saturated heterocycles. The Bertz CT molecular complexity index is 629. The van der Waals surface area contributed by atoms with Crippen molar-refractivity contribution in [1.82, 2.24) is 14.7 Å². The van der Waals surface area contributed by atoms with Crippen molar-refractivity contribution in [3.8, 4) is 0 Å². The van der Waals surface area contributed by atoms with Crippen LogP contribution in [0.2, 0.25) is 5.02 Å². The molecule has 0 aliphatic carbocycles. The highest BCUT2D eigenvalue weighted by atomic mass is 35.5. The highest BCUT2D eigenvalue weighted by Crippen LogP contribution is 2.38. The number of halogens is 4. The molecule has 1 fully saturated rings. The maximum Gasteiger partial charge on any atom is 0.394 e. The number of carbonyl (C=O) groups is 2. The Morgan fingerprint density at radius 3 is 2.32 bits per heavy atom. The van der Waals surface area contributed by atoms with E-state index in [0.717, 1.165) is 4.90 Å². The number of aryl methyl sites for hydroxylation is 1. The Morgan fingerprint density at radius 1 is 1.36 bits per heavy atom. The molecule has 0 bridgehead atoms. The minimum atomic E-state index is -4.69. The first-order chi connectivity index (χ1) is 10.0. The molecule has 10 heteroatoms. The number of aliphatic carboxylic acids is 1. The van der Waals surface area contributed by atoms with Crippen LogP contribution in [0, 0.1) is 18.8 Å². The molecule has 0 spiro atoms. The van der Waals surface area contributed by atoms with Gasteiger partial charge < -0.3 is 10.0 Å². The smallest absolute Gasteiger partial charge is 0.394 e. The van der Waals surface area contributed by atoms with Crippen molar-refractivity contribution >= 4 is 23.5 Å². The number of nitrogens with zero attached hydrogens (tertiary/aromatic N) is 3. The van der Waals surface area contributed by atoms with Crippen LogP contribution in [0.1, 0.15) is 16.2 Å². The van der Waals surface area contributed by atoms with Gasteiger partial charge in [0.15, 0.2) is 5.69 Å². The molecule has 0 aromatic carbocycles. The van der Waals surface area contributed by atoms with Gasteiger partial charge in [-0.25, -0.2) is 0 Å². The van der Waals surface area contributed by atoms with Crippen LogP contribution in [0.3, 0.4) is 0 Å². The van der Waals surface area contributed by atoms with E-state index in [1.54, 1.807) is 14.0 Å². The van der Waals surface area contributed by atoms with Crippen LogP contribution < -0.4 is 0 Å². The van der Waals surface area contributed by atoms with E-state index in [0.29, 0.717) is 5.69 Å². The first kappa shape index (κ1) is 16.6. The number of carbonyl (C=O) groups excluding carboxylic acids is 1. The SMILES string of the molecule is Cc1c(Cl)c(C(=O)N2C[C@@H](C(F)(F)F)[C@H](C(=O)O)C2)nn1C. The first-order valence-electron chi connectivity index (χ1n) is 6.32. The number of alkyl halides is 3. The standard InChI is InChI=1S/C12H13ClF3N3O3/c1-5-8(13)9(17-18(5)2)10(20)19-3-6(11(21)22)7(4-19)12(14,15)16/h6-7H,3-4H2,1-2H3,(H,21,22)/t6-,7-/m1/s1. The zero-order chi connectivity index (χ0) is 16.8. The predicted molar refractivity (Wildman–Crippen MR) is 69.5 cm³/mol. The van der Waals surface area contributed by atoms with Gasteiger partial charge in [-0.15, -0.1) is 0 Å². The van der Waals surface area contributed by atoms with Crippen LogP contribution in [0.4, 0.5) is 13.2 Å². The number of hydrogen-bond donors (Lipinski definition) is 1. The summed E-state index contributed by atoms with van der Waals surface area (Å²) in [6.07, 6.45) is -4.69. The molecule has 1 N–H and O–H groups in total. The summed E-state index contributed by atoms with van der Waals surface area (Å²) in [4.78, 5) is 24.1. The quantitative estimate of drug-likeness (QED) is 0.890. The summed E-state index contributed by atoms with van der Waals surface area (Å²) in [6.45, 7) is 0.365. The molecule has 0 saturated carbocycles. The molecule has 1 aliphatic heterocycles. The average molecular weight is 340 g/mol.